The Morgan fingerprint density at radius 1 is 1.13 bits per heavy atom. The first-order valence-electron chi connectivity index (χ1n) is 12.8. The van der Waals surface area contributed by atoms with E-state index >= 15 is 0 Å². The number of aryl methyl sites for hydroxylation is 1. The molecule has 0 radical (unpaired) electrons. The first-order chi connectivity index (χ1) is 18.0. The lowest BCUT2D eigenvalue weighted by atomic mass is 10.0. The van der Waals surface area contributed by atoms with Gasteiger partial charge in [0.15, 0.2) is 0 Å². The van der Waals surface area contributed by atoms with E-state index < -0.39 is 36.0 Å². The zero-order chi connectivity index (χ0) is 28.0. The maximum atomic E-state index is 13.2. The Morgan fingerprint density at radius 2 is 1.82 bits per heavy atom. The third kappa shape index (κ3) is 7.61. The van der Waals surface area contributed by atoms with Gasteiger partial charge in [-0.05, 0) is 37.3 Å². The number of aliphatic hydroxyl groups excluding tert-OH is 1. The minimum absolute atomic E-state index is 0.00114. The molecule has 38 heavy (non-hydrogen) atoms. The number of carbonyl (C=O) groups is 4. The fourth-order valence-electron chi connectivity index (χ4n) is 4.54. The number of benzene rings is 1. The Balaban J connectivity index is 1.59. The molecule has 1 saturated heterocycles. The molecule has 1 aliphatic heterocycles. The average Bonchev–Trinajstić information content (AvgIpc) is 3.46. The fourth-order valence-corrected chi connectivity index (χ4v) is 5.35. The van der Waals surface area contributed by atoms with Crippen LogP contribution in [0.1, 0.15) is 51.8 Å². The summed E-state index contributed by atoms with van der Waals surface area (Å²) in [4.78, 5) is 57.2. The van der Waals surface area contributed by atoms with Gasteiger partial charge in [-0.25, -0.2) is 4.98 Å². The predicted molar refractivity (Wildman–Crippen MR) is 145 cm³/mol. The third-order valence-electron chi connectivity index (χ3n) is 6.42. The number of aliphatic hydroxyl groups is 1. The number of hydrogen-bond donors (Lipinski definition) is 4. The largest absolute Gasteiger partial charge is 0.391 e. The van der Waals surface area contributed by atoms with E-state index in [0.29, 0.717) is 6.42 Å². The lowest BCUT2D eigenvalue weighted by molar-refractivity contribution is -0.141. The number of thiazole rings is 1. The number of likely N-dealkylation sites (tertiary alicyclic amines) is 1. The smallest absolute Gasteiger partial charge is 0.245 e. The van der Waals surface area contributed by atoms with Crippen molar-refractivity contribution in [3.63, 3.8) is 0 Å². The van der Waals surface area contributed by atoms with Crippen LogP contribution < -0.4 is 16.0 Å². The SMILES string of the molecule is CC(=O)NC(CC(C)C)C(=O)NC(C)C(=O)N1CC(O)CC1C(=O)NCc1ccc(-c2scnc2C)cc1. The highest BCUT2D eigenvalue weighted by Gasteiger charge is 2.40. The zero-order valence-corrected chi connectivity index (χ0v) is 23.3. The van der Waals surface area contributed by atoms with Crippen molar-refractivity contribution in [1.29, 1.82) is 0 Å². The highest BCUT2D eigenvalue weighted by atomic mass is 32.1. The number of β-amino-alcohol motifs (C(OH)–C–C–N with tert-alkyl or cyclic N) is 1. The van der Waals surface area contributed by atoms with Crippen LogP contribution >= 0.6 is 11.3 Å². The normalized spacial score (nSPS) is 18.7. The highest BCUT2D eigenvalue weighted by molar-refractivity contribution is 7.13. The van der Waals surface area contributed by atoms with Gasteiger partial charge in [-0.3, -0.25) is 19.2 Å². The maximum absolute atomic E-state index is 13.2. The van der Waals surface area contributed by atoms with Crippen molar-refractivity contribution in [2.75, 3.05) is 6.54 Å². The van der Waals surface area contributed by atoms with Crippen LogP contribution in [0.3, 0.4) is 0 Å². The van der Waals surface area contributed by atoms with Crippen LogP contribution in [0.25, 0.3) is 10.4 Å². The van der Waals surface area contributed by atoms with E-state index in [1.807, 2.05) is 45.0 Å². The van der Waals surface area contributed by atoms with Gasteiger partial charge >= 0.3 is 0 Å². The number of amides is 4. The predicted octanol–water partition coefficient (Wildman–Crippen LogP) is 1.75. The highest BCUT2D eigenvalue weighted by Crippen LogP contribution is 2.27. The monoisotopic (exact) mass is 543 g/mol. The molecule has 1 aliphatic rings. The minimum Gasteiger partial charge on any atom is -0.391 e. The number of carbonyl (C=O) groups excluding carboxylic acids is 4. The van der Waals surface area contributed by atoms with Gasteiger partial charge in [0.1, 0.15) is 18.1 Å². The van der Waals surface area contributed by atoms with Gasteiger partial charge < -0.3 is 26.0 Å². The molecule has 4 atom stereocenters. The molecule has 0 spiro atoms. The van der Waals surface area contributed by atoms with Crippen molar-refractivity contribution in [2.45, 2.75) is 78.2 Å². The molecule has 1 fully saturated rings. The van der Waals surface area contributed by atoms with Gasteiger partial charge in [-0.15, -0.1) is 11.3 Å². The summed E-state index contributed by atoms with van der Waals surface area (Å²) in [6.45, 7) is 8.97. The third-order valence-corrected chi connectivity index (χ3v) is 7.40. The van der Waals surface area contributed by atoms with Gasteiger partial charge in [0.05, 0.1) is 22.2 Å². The summed E-state index contributed by atoms with van der Waals surface area (Å²) in [5, 5.41) is 18.4. The second-order valence-electron chi connectivity index (χ2n) is 10.2. The van der Waals surface area contributed by atoms with Crippen LogP contribution in [0.4, 0.5) is 0 Å². The van der Waals surface area contributed by atoms with Crippen molar-refractivity contribution < 1.29 is 24.3 Å². The summed E-state index contributed by atoms with van der Waals surface area (Å²) in [5.74, 6) is -1.49. The Morgan fingerprint density at radius 3 is 2.39 bits per heavy atom. The van der Waals surface area contributed by atoms with Gasteiger partial charge in [-0.2, -0.15) is 0 Å². The second kappa shape index (κ2) is 13.0. The van der Waals surface area contributed by atoms with Crippen molar-refractivity contribution in [3.8, 4) is 10.4 Å². The van der Waals surface area contributed by atoms with Gasteiger partial charge in [-0.1, -0.05) is 38.1 Å². The number of aromatic nitrogens is 1. The van der Waals surface area contributed by atoms with E-state index in [-0.39, 0.29) is 37.2 Å². The average molecular weight is 544 g/mol. The number of hydrogen-bond acceptors (Lipinski definition) is 7. The van der Waals surface area contributed by atoms with E-state index in [1.165, 1.54) is 18.7 Å². The Kier molecular flexibility index (Phi) is 9.98. The summed E-state index contributed by atoms with van der Waals surface area (Å²) >= 11 is 1.57. The minimum atomic E-state index is -0.936. The van der Waals surface area contributed by atoms with Crippen LogP contribution in [-0.4, -0.2) is 69.4 Å². The van der Waals surface area contributed by atoms with E-state index in [2.05, 4.69) is 20.9 Å². The maximum Gasteiger partial charge on any atom is 0.245 e. The Bertz CT molecular complexity index is 1150. The van der Waals surface area contributed by atoms with Crippen LogP contribution in [-0.2, 0) is 25.7 Å². The van der Waals surface area contributed by atoms with Crippen LogP contribution in [0.5, 0.6) is 0 Å². The van der Waals surface area contributed by atoms with Crippen molar-refractivity contribution >= 4 is 35.0 Å². The number of nitrogens with one attached hydrogen (secondary N) is 3. The second-order valence-corrected chi connectivity index (χ2v) is 11.0. The molecule has 0 saturated carbocycles. The van der Waals surface area contributed by atoms with Crippen molar-refractivity contribution in [2.24, 2.45) is 5.92 Å². The lowest BCUT2D eigenvalue weighted by Crippen LogP contribution is -2.55. The number of rotatable bonds is 10. The molecular formula is C27H37N5O5S. The van der Waals surface area contributed by atoms with E-state index in [4.69, 9.17) is 0 Å². The molecule has 1 aromatic carbocycles. The number of nitrogens with zero attached hydrogens (tertiary/aromatic N) is 2. The molecule has 1 aromatic heterocycles. The van der Waals surface area contributed by atoms with Crippen LogP contribution in [0, 0.1) is 12.8 Å². The van der Waals surface area contributed by atoms with Gasteiger partial charge in [0, 0.05) is 26.4 Å². The molecular weight excluding hydrogens is 506 g/mol. The summed E-state index contributed by atoms with van der Waals surface area (Å²) in [7, 11) is 0. The van der Waals surface area contributed by atoms with Crippen LogP contribution in [0.2, 0.25) is 0 Å². The molecule has 4 amide bonds. The summed E-state index contributed by atoms with van der Waals surface area (Å²) in [6, 6.07) is 5.27. The topological polar surface area (TPSA) is 141 Å². The lowest BCUT2D eigenvalue weighted by Gasteiger charge is -2.28. The van der Waals surface area contributed by atoms with Crippen LogP contribution in [0.15, 0.2) is 29.8 Å². The Labute approximate surface area is 227 Å². The quantitative estimate of drug-likeness (QED) is 0.360. The van der Waals surface area contributed by atoms with Gasteiger partial charge in [0.2, 0.25) is 23.6 Å². The molecule has 4 unspecified atom stereocenters. The molecule has 3 rings (SSSR count). The standard InChI is InChI=1S/C27H37N5O5S/c1-15(2)10-22(31-18(5)33)25(35)30-17(4)27(37)32-13-21(34)11-23(32)26(36)28-12-19-6-8-20(9-7-19)24-16(3)29-14-38-24/h6-9,14-15,17,21-23,34H,10-13H2,1-5H3,(H,28,36)(H,30,35)(H,31,33). The summed E-state index contributed by atoms with van der Waals surface area (Å²) in [6.07, 6.45) is -0.304. The molecule has 206 valence electrons. The Hall–Kier alpha value is -3.31. The van der Waals surface area contributed by atoms with Crippen molar-refractivity contribution in [3.05, 3.63) is 41.0 Å². The molecule has 11 heteroatoms. The molecule has 0 bridgehead atoms. The molecule has 0 aliphatic carbocycles. The molecule has 2 heterocycles. The molecule has 10 nitrogen and oxygen atoms in total. The first kappa shape index (κ1) is 29.2. The van der Waals surface area contributed by atoms with Gasteiger partial charge in [0.25, 0.3) is 0 Å². The zero-order valence-electron chi connectivity index (χ0n) is 22.5. The molecule has 4 N–H and O–H groups in total. The van der Waals surface area contributed by atoms with Crippen molar-refractivity contribution in [1.82, 2.24) is 25.8 Å². The first-order valence-corrected chi connectivity index (χ1v) is 13.7. The summed E-state index contributed by atoms with van der Waals surface area (Å²) in [5.41, 5.74) is 4.73. The van der Waals surface area contributed by atoms with E-state index in [9.17, 15) is 24.3 Å². The fraction of sp³-hybridized carbons (Fsp3) is 0.519. The molecule has 2 aromatic rings. The van der Waals surface area contributed by atoms with E-state index in [0.717, 1.165) is 21.7 Å². The summed E-state index contributed by atoms with van der Waals surface area (Å²) < 4.78 is 0. The van der Waals surface area contributed by atoms with E-state index in [1.54, 1.807) is 16.8 Å².